The number of ether oxygens (including phenoxy) is 1. The van der Waals surface area contributed by atoms with Crippen LogP contribution in [0, 0.1) is 0 Å². The summed E-state index contributed by atoms with van der Waals surface area (Å²) in [4.78, 5) is 0.224. The summed E-state index contributed by atoms with van der Waals surface area (Å²) in [6, 6.07) is 12.2. The lowest BCUT2D eigenvalue weighted by atomic mass is 10.0. The van der Waals surface area contributed by atoms with E-state index in [1.54, 1.807) is 19.2 Å². The lowest BCUT2D eigenvalue weighted by Crippen LogP contribution is -1.99. The van der Waals surface area contributed by atoms with Gasteiger partial charge in [-0.25, -0.2) is 8.42 Å². The molecule has 0 aliphatic rings. The third-order valence-electron chi connectivity index (χ3n) is 2.85. The van der Waals surface area contributed by atoms with Gasteiger partial charge >= 0.3 is 0 Å². The predicted octanol–water partition coefficient (Wildman–Crippen LogP) is 2.35. The molecule has 2 aromatic rings. The quantitative estimate of drug-likeness (QED) is 0.874. The molecule has 100 valence electrons. The second-order valence-electron chi connectivity index (χ2n) is 4.25. The summed E-state index contributed by atoms with van der Waals surface area (Å²) >= 11 is 0. The Kier molecular flexibility index (Phi) is 3.48. The number of hydrogen-bond acceptors (Lipinski definition) is 4. The van der Waals surface area contributed by atoms with Crippen LogP contribution in [0.5, 0.6) is 5.75 Å². The molecule has 19 heavy (non-hydrogen) atoms. The van der Waals surface area contributed by atoms with Crippen LogP contribution in [0.2, 0.25) is 0 Å². The summed E-state index contributed by atoms with van der Waals surface area (Å²) in [5, 5.41) is 0. The first-order valence-corrected chi connectivity index (χ1v) is 7.55. The second kappa shape index (κ2) is 4.93. The number of methoxy groups -OCH3 is 1. The van der Waals surface area contributed by atoms with Gasteiger partial charge in [0.2, 0.25) is 0 Å². The van der Waals surface area contributed by atoms with Crippen LogP contribution in [0.15, 0.2) is 47.4 Å². The average Bonchev–Trinajstić information content (AvgIpc) is 2.38. The summed E-state index contributed by atoms with van der Waals surface area (Å²) < 4.78 is 28.0. The first-order chi connectivity index (χ1) is 8.91. The molecule has 0 spiro atoms. The maximum atomic E-state index is 11.4. The van der Waals surface area contributed by atoms with Gasteiger partial charge in [-0.3, -0.25) is 0 Å². The molecule has 0 fully saturated rings. The SMILES string of the molecule is COc1ccc(-c2ccc(S(C)(=O)=O)cc2N)cc1. The van der Waals surface area contributed by atoms with Crippen LogP contribution in [0.25, 0.3) is 11.1 Å². The van der Waals surface area contributed by atoms with Gasteiger partial charge in [0.25, 0.3) is 0 Å². The van der Waals surface area contributed by atoms with Gasteiger partial charge < -0.3 is 10.5 Å². The number of rotatable bonds is 3. The molecule has 0 amide bonds. The molecule has 0 aromatic heterocycles. The molecule has 0 aliphatic heterocycles. The van der Waals surface area contributed by atoms with Crippen molar-refractivity contribution < 1.29 is 13.2 Å². The van der Waals surface area contributed by atoms with Crippen LogP contribution in [-0.4, -0.2) is 21.8 Å². The summed E-state index contributed by atoms with van der Waals surface area (Å²) in [6.45, 7) is 0. The van der Waals surface area contributed by atoms with Crippen molar-refractivity contribution in [1.82, 2.24) is 0 Å². The molecule has 2 rings (SSSR count). The fourth-order valence-corrected chi connectivity index (χ4v) is 2.46. The van der Waals surface area contributed by atoms with Gasteiger partial charge in [-0.1, -0.05) is 18.2 Å². The smallest absolute Gasteiger partial charge is 0.175 e. The van der Waals surface area contributed by atoms with Crippen molar-refractivity contribution in [1.29, 1.82) is 0 Å². The third kappa shape index (κ3) is 2.88. The van der Waals surface area contributed by atoms with E-state index < -0.39 is 9.84 Å². The van der Waals surface area contributed by atoms with Gasteiger partial charge in [0.15, 0.2) is 9.84 Å². The summed E-state index contributed by atoms with van der Waals surface area (Å²) in [7, 11) is -1.63. The lowest BCUT2D eigenvalue weighted by Gasteiger charge is -2.08. The molecule has 0 unspecified atom stereocenters. The highest BCUT2D eigenvalue weighted by atomic mass is 32.2. The Labute approximate surface area is 112 Å². The number of hydrogen-bond donors (Lipinski definition) is 1. The van der Waals surface area contributed by atoms with Crippen LogP contribution in [0.3, 0.4) is 0 Å². The van der Waals surface area contributed by atoms with Crippen molar-refractivity contribution in [3.05, 3.63) is 42.5 Å². The highest BCUT2D eigenvalue weighted by molar-refractivity contribution is 7.90. The van der Waals surface area contributed by atoms with E-state index in [1.807, 2.05) is 24.3 Å². The van der Waals surface area contributed by atoms with Crippen molar-refractivity contribution >= 4 is 15.5 Å². The van der Waals surface area contributed by atoms with Crippen molar-refractivity contribution in [3.63, 3.8) is 0 Å². The van der Waals surface area contributed by atoms with Crippen LogP contribution in [0.1, 0.15) is 0 Å². The lowest BCUT2D eigenvalue weighted by molar-refractivity contribution is 0.415. The Morgan fingerprint density at radius 3 is 2.16 bits per heavy atom. The monoisotopic (exact) mass is 277 g/mol. The first kappa shape index (κ1) is 13.4. The van der Waals surface area contributed by atoms with E-state index in [1.165, 1.54) is 6.07 Å². The molecule has 0 radical (unpaired) electrons. The van der Waals surface area contributed by atoms with E-state index in [4.69, 9.17) is 10.5 Å². The minimum absolute atomic E-state index is 0.224. The molecule has 0 heterocycles. The zero-order chi connectivity index (χ0) is 14.0. The number of nitrogens with two attached hydrogens (primary N) is 1. The van der Waals surface area contributed by atoms with E-state index in [-0.39, 0.29) is 4.90 Å². The zero-order valence-electron chi connectivity index (χ0n) is 10.8. The molecule has 5 heteroatoms. The van der Waals surface area contributed by atoms with Gasteiger partial charge in [-0.15, -0.1) is 0 Å². The summed E-state index contributed by atoms with van der Waals surface area (Å²) in [6.07, 6.45) is 1.16. The second-order valence-corrected chi connectivity index (χ2v) is 6.27. The number of sulfone groups is 1. The molecule has 0 aliphatic carbocycles. The van der Waals surface area contributed by atoms with E-state index in [9.17, 15) is 8.42 Å². The van der Waals surface area contributed by atoms with Crippen molar-refractivity contribution in [2.75, 3.05) is 19.1 Å². The standard InChI is InChI=1S/C14H15NO3S/c1-18-11-5-3-10(4-6-11)13-8-7-12(9-14(13)15)19(2,16)17/h3-9H,15H2,1-2H3. The Balaban J connectivity index is 2.46. The van der Waals surface area contributed by atoms with Crippen LogP contribution < -0.4 is 10.5 Å². The molecular formula is C14H15NO3S. The average molecular weight is 277 g/mol. The van der Waals surface area contributed by atoms with Gasteiger partial charge in [0.1, 0.15) is 5.75 Å². The van der Waals surface area contributed by atoms with Gasteiger partial charge in [0.05, 0.1) is 12.0 Å². The maximum Gasteiger partial charge on any atom is 0.175 e. The third-order valence-corrected chi connectivity index (χ3v) is 3.96. The Morgan fingerprint density at radius 1 is 1.05 bits per heavy atom. The zero-order valence-corrected chi connectivity index (χ0v) is 11.6. The first-order valence-electron chi connectivity index (χ1n) is 5.66. The van der Waals surface area contributed by atoms with Crippen molar-refractivity contribution in [3.8, 4) is 16.9 Å². The number of anilines is 1. The van der Waals surface area contributed by atoms with Crippen LogP contribution >= 0.6 is 0 Å². The van der Waals surface area contributed by atoms with Crippen molar-refractivity contribution in [2.45, 2.75) is 4.90 Å². The summed E-state index contributed by atoms with van der Waals surface area (Å²) in [5.74, 6) is 0.759. The minimum atomic E-state index is -3.23. The molecule has 0 saturated carbocycles. The van der Waals surface area contributed by atoms with Crippen LogP contribution in [-0.2, 0) is 9.84 Å². The normalized spacial score (nSPS) is 11.3. The highest BCUT2D eigenvalue weighted by Gasteiger charge is 2.10. The topological polar surface area (TPSA) is 69.4 Å². The fraction of sp³-hybridized carbons (Fsp3) is 0.143. The highest BCUT2D eigenvalue weighted by Crippen LogP contribution is 2.29. The minimum Gasteiger partial charge on any atom is -0.497 e. The van der Waals surface area contributed by atoms with E-state index in [0.29, 0.717) is 5.69 Å². The molecule has 2 N–H and O–H groups in total. The van der Waals surface area contributed by atoms with E-state index >= 15 is 0 Å². The van der Waals surface area contributed by atoms with E-state index in [2.05, 4.69) is 0 Å². The van der Waals surface area contributed by atoms with Crippen LogP contribution in [0.4, 0.5) is 5.69 Å². The molecule has 2 aromatic carbocycles. The molecular weight excluding hydrogens is 262 g/mol. The Hall–Kier alpha value is -2.01. The Morgan fingerprint density at radius 2 is 1.68 bits per heavy atom. The largest absolute Gasteiger partial charge is 0.497 e. The number of benzene rings is 2. The van der Waals surface area contributed by atoms with Gasteiger partial charge in [0, 0.05) is 17.5 Å². The molecule has 4 nitrogen and oxygen atoms in total. The molecule has 0 atom stereocenters. The maximum absolute atomic E-state index is 11.4. The fourth-order valence-electron chi connectivity index (χ4n) is 1.80. The molecule has 0 saturated heterocycles. The number of nitrogen functional groups attached to an aromatic ring is 1. The summed E-state index contributed by atoms with van der Waals surface area (Å²) in [5.41, 5.74) is 8.08. The predicted molar refractivity (Wildman–Crippen MR) is 76.0 cm³/mol. The molecule has 0 bridgehead atoms. The van der Waals surface area contributed by atoms with Gasteiger partial charge in [-0.2, -0.15) is 0 Å². The van der Waals surface area contributed by atoms with Crippen molar-refractivity contribution in [2.24, 2.45) is 0 Å². The Bertz CT molecular complexity index is 691. The van der Waals surface area contributed by atoms with E-state index in [0.717, 1.165) is 23.1 Å². The van der Waals surface area contributed by atoms with Gasteiger partial charge in [-0.05, 0) is 29.8 Å².